The molecule has 2 N–H and O–H groups in total. The molecule has 0 bridgehead atoms. The number of esters is 1. The Kier molecular flexibility index (Phi) is 12.9. The molecule has 2 aromatic carbocycles. The van der Waals surface area contributed by atoms with Crippen LogP contribution in [-0.4, -0.2) is 64.4 Å². The molecule has 0 saturated heterocycles. The highest BCUT2D eigenvalue weighted by atomic mass is 32.1. The van der Waals surface area contributed by atoms with Crippen molar-refractivity contribution in [3.63, 3.8) is 0 Å². The topological polar surface area (TPSA) is 114 Å². The second-order valence-corrected chi connectivity index (χ2v) is 12.6. The van der Waals surface area contributed by atoms with E-state index in [1.54, 1.807) is 53.7 Å². The van der Waals surface area contributed by atoms with E-state index >= 15 is 0 Å². The number of hydrogen-bond donors (Lipinski definition) is 3. The highest BCUT2D eigenvalue weighted by molar-refractivity contribution is 7.80. The fourth-order valence-electron chi connectivity index (χ4n) is 4.19. The number of nitrogens with zero attached hydrogens (tertiary/aromatic N) is 1. The Balaban J connectivity index is 2.51. The summed E-state index contributed by atoms with van der Waals surface area (Å²) in [5.41, 5.74) is 0.720. The van der Waals surface area contributed by atoms with Crippen LogP contribution in [0.2, 0.25) is 0 Å². The normalized spacial score (nSPS) is 13.6. The number of hydrogen-bond acceptors (Lipinski definition) is 7. The molecule has 10 heteroatoms. The van der Waals surface area contributed by atoms with E-state index in [4.69, 9.17) is 9.47 Å². The third kappa shape index (κ3) is 11.8. The van der Waals surface area contributed by atoms with Gasteiger partial charge in [0.1, 0.15) is 29.3 Å². The standard InChI is InChI=1S/C33H45N3O6S/c1-9-19-36(29(38)26(21-43)35-31(40)42-33(6,7)8)27(24-17-15-22(2)16-18-24)28(37)34-25(30(39)41-32(3,4)5)20-23-13-11-10-12-14-23/h9-18,25-27,43H,1,19-21H2,2-8H3,(H,34,37)(H,35,40). The molecule has 3 amide bonds. The van der Waals surface area contributed by atoms with Gasteiger partial charge in [-0.15, -0.1) is 6.58 Å². The van der Waals surface area contributed by atoms with Crippen LogP contribution in [0, 0.1) is 6.92 Å². The molecule has 3 unspecified atom stereocenters. The van der Waals surface area contributed by atoms with E-state index in [1.807, 2.05) is 49.4 Å². The average molecular weight is 612 g/mol. The highest BCUT2D eigenvalue weighted by Gasteiger charge is 2.37. The number of amides is 3. The first-order valence-corrected chi connectivity index (χ1v) is 14.8. The summed E-state index contributed by atoms with van der Waals surface area (Å²) in [7, 11) is 0. The predicted molar refractivity (Wildman–Crippen MR) is 171 cm³/mol. The lowest BCUT2D eigenvalue weighted by Gasteiger charge is -2.34. The average Bonchev–Trinajstić information content (AvgIpc) is 2.90. The van der Waals surface area contributed by atoms with Crippen LogP contribution in [0.15, 0.2) is 67.3 Å². The minimum Gasteiger partial charge on any atom is -0.458 e. The largest absolute Gasteiger partial charge is 0.458 e. The van der Waals surface area contributed by atoms with E-state index in [0.717, 1.165) is 11.1 Å². The zero-order chi connectivity index (χ0) is 32.4. The Labute approximate surface area is 260 Å². The summed E-state index contributed by atoms with van der Waals surface area (Å²) in [5, 5.41) is 5.42. The van der Waals surface area contributed by atoms with Crippen LogP contribution in [0.3, 0.4) is 0 Å². The highest BCUT2D eigenvalue weighted by Crippen LogP contribution is 2.24. The molecule has 2 aromatic rings. The van der Waals surface area contributed by atoms with Crippen molar-refractivity contribution < 1.29 is 28.7 Å². The van der Waals surface area contributed by atoms with Crippen LogP contribution in [0.1, 0.15) is 64.3 Å². The molecule has 0 spiro atoms. The van der Waals surface area contributed by atoms with Crippen molar-refractivity contribution in [3.05, 3.63) is 83.9 Å². The predicted octanol–water partition coefficient (Wildman–Crippen LogP) is 4.94. The minimum absolute atomic E-state index is 0.0269. The van der Waals surface area contributed by atoms with Gasteiger partial charge in [-0.25, -0.2) is 9.59 Å². The van der Waals surface area contributed by atoms with Crippen molar-refractivity contribution in [1.29, 1.82) is 0 Å². The van der Waals surface area contributed by atoms with Gasteiger partial charge in [-0.2, -0.15) is 12.6 Å². The molecule has 0 aromatic heterocycles. The number of thiol groups is 1. The van der Waals surface area contributed by atoms with Gasteiger partial charge in [0.05, 0.1) is 0 Å². The molecule has 0 heterocycles. The van der Waals surface area contributed by atoms with Crippen LogP contribution in [0.25, 0.3) is 0 Å². The van der Waals surface area contributed by atoms with Crippen LogP contribution in [-0.2, 0) is 30.3 Å². The van der Waals surface area contributed by atoms with Crippen molar-refractivity contribution in [2.24, 2.45) is 0 Å². The smallest absolute Gasteiger partial charge is 0.408 e. The zero-order valence-electron chi connectivity index (χ0n) is 26.2. The van der Waals surface area contributed by atoms with E-state index in [0.29, 0.717) is 5.56 Å². The summed E-state index contributed by atoms with van der Waals surface area (Å²) < 4.78 is 11.0. The first-order chi connectivity index (χ1) is 20.0. The lowest BCUT2D eigenvalue weighted by molar-refractivity contribution is -0.159. The van der Waals surface area contributed by atoms with Gasteiger partial charge in [0, 0.05) is 18.7 Å². The fourth-order valence-corrected chi connectivity index (χ4v) is 4.43. The van der Waals surface area contributed by atoms with Gasteiger partial charge in [-0.3, -0.25) is 9.59 Å². The number of carbonyl (C=O) groups is 4. The summed E-state index contributed by atoms with van der Waals surface area (Å²) in [6.07, 6.45) is 0.879. The molecule has 2 rings (SSSR count). The van der Waals surface area contributed by atoms with Crippen molar-refractivity contribution in [1.82, 2.24) is 15.5 Å². The van der Waals surface area contributed by atoms with Gasteiger partial charge in [-0.1, -0.05) is 66.2 Å². The van der Waals surface area contributed by atoms with Gasteiger partial charge in [0.25, 0.3) is 0 Å². The minimum atomic E-state index is -1.17. The van der Waals surface area contributed by atoms with E-state index < -0.39 is 53.2 Å². The van der Waals surface area contributed by atoms with Crippen molar-refractivity contribution in [2.45, 2.75) is 84.2 Å². The van der Waals surface area contributed by atoms with Crippen molar-refractivity contribution >= 4 is 36.5 Å². The van der Waals surface area contributed by atoms with Gasteiger partial charge in [0.2, 0.25) is 11.8 Å². The molecular formula is C33H45N3O6S. The molecule has 0 aliphatic heterocycles. The first-order valence-electron chi connectivity index (χ1n) is 14.2. The van der Waals surface area contributed by atoms with Crippen LogP contribution >= 0.6 is 12.6 Å². The number of carbonyl (C=O) groups excluding carboxylic acids is 4. The van der Waals surface area contributed by atoms with Gasteiger partial charge < -0.3 is 25.0 Å². The molecule has 43 heavy (non-hydrogen) atoms. The third-order valence-electron chi connectivity index (χ3n) is 6.02. The van der Waals surface area contributed by atoms with Gasteiger partial charge >= 0.3 is 12.1 Å². The molecule has 0 aliphatic carbocycles. The molecule has 0 fully saturated rings. The second kappa shape index (κ2) is 15.6. The van der Waals surface area contributed by atoms with E-state index in [1.165, 1.54) is 11.0 Å². The summed E-state index contributed by atoms with van der Waals surface area (Å²) in [6, 6.07) is 13.1. The van der Waals surface area contributed by atoms with Crippen LogP contribution < -0.4 is 10.6 Å². The van der Waals surface area contributed by atoms with Crippen LogP contribution in [0.4, 0.5) is 4.79 Å². The number of nitrogens with one attached hydrogen (secondary N) is 2. The quantitative estimate of drug-likeness (QED) is 0.178. The molecular weight excluding hydrogens is 566 g/mol. The maximum Gasteiger partial charge on any atom is 0.408 e. The Bertz CT molecular complexity index is 1250. The monoisotopic (exact) mass is 611 g/mol. The van der Waals surface area contributed by atoms with Crippen molar-refractivity contribution in [2.75, 3.05) is 12.3 Å². The zero-order valence-corrected chi connectivity index (χ0v) is 27.1. The number of aryl methyl sites for hydroxylation is 1. The molecule has 3 atom stereocenters. The number of alkyl carbamates (subject to hydrolysis) is 1. The number of benzene rings is 2. The summed E-state index contributed by atoms with van der Waals surface area (Å²) in [6.45, 7) is 16.0. The Morgan fingerprint density at radius 1 is 0.884 bits per heavy atom. The Morgan fingerprint density at radius 2 is 1.47 bits per heavy atom. The second-order valence-electron chi connectivity index (χ2n) is 12.3. The van der Waals surface area contributed by atoms with E-state index in [-0.39, 0.29) is 18.7 Å². The summed E-state index contributed by atoms with van der Waals surface area (Å²) in [5.74, 6) is -1.82. The molecule has 9 nitrogen and oxygen atoms in total. The Hall–Kier alpha value is -3.79. The van der Waals surface area contributed by atoms with Gasteiger partial charge in [-0.05, 0) is 59.6 Å². The molecule has 0 saturated carbocycles. The lowest BCUT2D eigenvalue weighted by Crippen LogP contribution is -2.55. The van der Waals surface area contributed by atoms with E-state index in [2.05, 4.69) is 29.8 Å². The molecule has 0 radical (unpaired) electrons. The van der Waals surface area contributed by atoms with Crippen LogP contribution in [0.5, 0.6) is 0 Å². The first kappa shape index (κ1) is 35.4. The van der Waals surface area contributed by atoms with E-state index in [9.17, 15) is 19.2 Å². The lowest BCUT2D eigenvalue weighted by atomic mass is 10.00. The summed E-state index contributed by atoms with van der Waals surface area (Å²) >= 11 is 4.30. The summed E-state index contributed by atoms with van der Waals surface area (Å²) in [4.78, 5) is 55.3. The molecule has 0 aliphatic rings. The Morgan fingerprint density at radius 3 is 1.98 bits per heavy atom. The molecule has 234 valence electrons. The SMILES string of the molecule is C=CCN(C(=O)C(CS)NC(=O)OC(C)(C)C)C(C(=O)NC(Cc1ccccc1)C(=O)OC(C)(C)C)c1ccc(C)cc1. The number of ether oxygens (including phenoxy) is 2. The van der Waals surface area contributed by atoms with Crippen molar-refractivity contribution in [3.8, 4) is 0 Å². The number of rotatable bonds is 12. The third-order valence-corrected chi connectivity index (χ3v) is 6.39. The fraction of sp³-hybridized carbons (Fsp3) is 0.455. The maximum absolute atomic E-state index is 14.2. The van der Waals surface area contributed by atoms with Gasteiger partial charge in [0.15, 0.2) is 0 Å². The maximum atomic E-state index is 14.2.